The lowest BCUT2D eigenvalue weighted by atomic mass is 10.3. The van der Waals surface area contributed by atoms with Gasteiger partial charge in [-0.3, -0.25) is 14.3 Å². The highest BCUT2D eigenvalue weighted by molar-refractivity contribution is 5.75. The summed E-state index contributed by atoms with van der Waals surface area (Å²) in [6.45, 7) is 4.73. The summed E-state index contributed by atoms with van der Waals surface area (Å²) in [5.41, 5.74) is 1.28. The van der Waals surface area contributed by atoms with Gasteiger partial charge in [-0.15, -0.1) is 0 Å². The number of pyridine rings is 1. The van der Waals surface area contributed by atoms with Gasteiger partial charge in [0.15, 0.2) is 17.3 Å². The Morgan fingerprint density at radius 2 is 1.96 bits per heavy atom. The van der Waals surface area contributed by atoms with Crippen LogP contribution in [0, 0.1) is 0 Å². The lowest BCUT2D eigenvalue weighted by Crippen LogP contribution is -2.28. The molecule has 2 heterocycles. The first-order valence-corrected chi connectivity index (χ1v) is 8.47. The Morgan fingerprint density at radius 1 is 1.19 bits per heavy atom. The van der Waals surface area contributed by atoms with Crippen LogP contribution in [0.1, 0.15) is 19.9 Å². The lowest BCUT2D eigenvalue weighted by Gasteiger charge is -2.16. The van der Waals surface area contributed by atoms with Gasteiger partial charge in [0.05, 0.1) is 30.9 Å². The highest BCUT2D eigenvalue weighted by Gasteiger charge is 2.13. The summed E-state index contributed by atoms with van der Waals surface area (Å²) in [6.07, 6.45) is 3.33. The average Bonchev–Trinajstić information content (AvgIpc) is 2.65. The highest BCUT2D eigenvalue weighted by Crippen LogP contribution is 2.25. The van der Waals surface area contributed by atoms with Gasteiger partial charge in [-0.25, -0.2) is 4.98 Å². The van der Waals surface area contributed by atoms with Gasteiger partial charge in [-0.2, -0.15) is 0 Å². The fourth-order valence-electron chi connectivity index (χ4n) is 2.75. The molecule has 0 aliphatic heterocycles. The summed E-state index contributed by atoms with van der Waals surface area (Å²) in [7, 11) is 1.60. The normalized spacial score (nSPS) is 10.9. The van der Waals surface area contributed by atoms with Crippen LogP contribution < -0.4 is 20.3 Å². The number of nitrogens with one attached hydrogen (secondary N) is 1. The van der Waals surface area contributed by atoms with Crippen molar-refractivity contribution in [3.8, 4) is 11.5 Å². The van der Waals surface area contributed by atoms with Gasteiger partial charge in [-0.05, 0) is 32.0 Å². The second-order valence-electron chi connectivity index (χ2n) is 6.02. The number of hydrogen-bond donors (Lipinski definition) is 1. The fraction of sp³-hybridized carbons (Fsp3) is 0.316. The summed E-state index contributed by atoms with van der Waals surface area (Å²) in [6, 6.07) is 9.24. The van der Waals surface area contributed by atoms with E-state index in [2.05, 4.69) is 15.3 Å². The van der Waals surface area contributed by atoms with Gasteiger partial charge >= 0.3 is 0 Å². The monoisotopic (exact) mass is 354 g/mol. The van der Waals surface area contributed by atoms with Crippen molar-refractivity contribution < 1.29 is 9.47 Å². The van der Waals surface area contributed by atoms with Gasteiger partial charge in [-0.1, -0.05) is 12.1 Å². The molecule has 1 N–H and O–H groups in total. The minimum atomic E-state index is -0.169. The van der Waals surface area contributed by atoms with Crippen molar-refractivity contribution in [3.63, 3.8) is 0 Å². The van der Waals surface area contributed by atoms with Crippen LogP contribution >= 0.6 is 0 Å². The molecule has 0 amide bonds. The summed E-state index contributed by atoms with van der Waals surface area (Å²) in [5, 5.41) is 3.08. The maximum absolute atomic E-state index is 12.7. The molecule has 0 saturated carbocycles. The van der Waals surface area contributed by atoms with Crippen LogP contribution in [0.2, 0.25) is 0 Å². The Labute approximate surface area is 151 Å². The third-order valence-corrected chi connectivity index (χ3v) is 3.93. The molecule has 0 spiro atoms. The Morgan fingerprint density at radius 3 is 2.69 bits per heavy atom. The molecule has 0 radical (unpaired) electrons. The second-order valence-corrected chi connectivity index (χ2v) is 6.02. The van der Waals surface area contributed by atoms with Crippen molar-refractivity contribution in [3.05, 3.63) is 53.1 Å². The maximum atomic E-state index is 12.7. The first-order valence-electron chi connectivity index (χ1n) is 8.47. The quantitative estimate of drug-likeness (QED) is 0.657. The van der Waals surface area contributed by atoms with Crippen molar-refractivity contribution in [2.45, 2.75) is 19.9 Å². The number of anilines is 1. The molecule has 0 bridgehead atoms. The van der Waals surface area contributed by atoms with E-state index in [1.807, 2.05) is 38.1 Å². The third-order valence-electron chi connectivity index (χ3n) is 3.93. The van der Waals surface area contributed by atoms with Crippen molar-refractivity contribution >= 4 is 16.9 Å². The summed E-state index contributed by atoms with van der Waals surface area (Å²) in [5.74, 6) is 1.64. The number of methoxy groups -OCH3 is 1. The van der Waals surface area contributed by atoms with Gasteiger partial charge in [0.2, 0.25) is 0 Å². The molecular weight excluding hydrogens is 332 g/mol. The number of aromatic nitrogens is 3. The molecule has 136 valence electrons. The van der Waals surface area contributed by atoms with E-state index in [-0.39, 0.29) is 11.6 Å². The maximum Gasteiger partial charge on any atom is 0.294 e. The number of hydrogen-bond acceptors (Lipinski definition) is 6. The minimum absolute atomic E-state index is 0.00239. The molecule has 26 heavy (non-hydrogen) atoms. The second kappa shape index (κ2) is 7.86. The Hall–Kier alpha value is -3.09. The smallest absolute Gasteiger partial charge is 0.294 e. The molecule has 2 aromatic heterocycles. The molecule has 0 atom stereocenters. The van der Waals surface area contributed by atoms with E-state index in [0.29, 0.717) is 30.5 Å². The SMILES string of the molecule is COc1ccccc1OCCNc1nc2ccncc2n(C(C)C)c1=O. The summed E-state index contributed by atoms with van der Waals surface area (Å²) < 4.78 is 12.7. The zero-order valence-electron chi connectivity index (χ0n) is 15.1. The van der Waals surface area contributed by atoms with Gasteiger partial charge in [0.1, 0.15) is 6.61 Å². The minimum Gasteiger partial charge on any atom is -0.493 e. The highest BCUT2D eigenvalue weighted by atomic mass is 16.5. The van der Waals surface area contributed by atoms with Crippen LogP contribution in [0.15, 0.2) is 47.5 Å². The van der Waals surface area contributed by atoms with Crippen molar-refractivity contribution in [1.82, 2.24) is 14.5 Å². The zero-order valence-corrected chi connectivity index (χ0v) is 15.1. The van der Waals surface area contributed by atoms with Gasteiger partial charge in [0, 0.05) is 12.2 Å². The lowest BCUT2D eigenvalue weighted by molar-refractivity contribution is 0.305. The van der Waals surface area contributed by atoms with Crippen LogP contribution in [0.5, 0.6) is 11.5 Å². The van der Waals surface area contributed by atoms with E-state index in [4.69, 9.17) is 9.47 Å². The summed E-state index contributed by atoms with van der Waals surface area (Å²) >= 11 is 0. The Balaban J connectivity index is 1.75. The van der Waals surface area contributed by atoms with E-state index in [1.54, 1.807) is 30.1 Å². The molecule has 7 nitrogen and oxygen atoms in total. The fourth-order valence-corrected chi connectivity index (χ4v) is 2.75. The van der Waals surface area contributed by atoms with Crippen LogP contribution in [-0.2, 0) is 0 Å². The molecule has 0 aliphatic carbocycles. The molecule has 0 saturated heterocycles. The number of ether oxygens (including phenoxy) is 2. The van der Waals surface area contributed by atoms with Crippen molar-refractivity contribution in [2.75, 3.05) is 25.6 Å². The number of nitrogens with zero attached hydrogens (tertiary/aromatic N) is 3. The van der Waals surface area contributed by atoms with E-state index in [9.17, 15) is 4.79 Å². The van der Waals surface area contributed by atoms with E-state index >= 15 is 0 Å². The molecule has 0 unspecified atom stereocenters. The molecule has 0 fully saturated rings. The third kappa shape index (κ3) is 3.61. The van der Waals surface area contributed by atoms with Gasteiger partial charge < -0.3 is 14.8 Å². The predicted molar refractivity (Wildman–Crippen MR) is 101 cm³/mol. The first-order chi connectivity index (χ1) is 12.6. The van der Waals surface area contributed by atoms with E-state index in [1.165, 1.54) is 0 Å². The van der Waals surface area contributed by atoms with Crippen LogP contribution in [0.4, 0.5) is 5.82 Å². The van der Waals surface area contributed by atoms with E-state index in [0.717, 1.165) is 11.0 Å². The predicted octanol–water partition coefficient (Wildman–Crippen LogP) is 2.87. The molecule has 0 aliphatic rings. The van der Waals surface area contributed by atoms with Gasteiger partial charge in [0.25, 0.3) is 5.56 Å². The topological polar surface area (TPSA) is 78.3 Å². The Bertz CT molecular complexity index is 953. The Kier molecular flexibility index (Phi) is 5.36. The summed E-state index contributed by atoms with van der Waals surface area (Å²) in [4.78, 5) is 21.3. The molecule has 3 aromatic rings. The van der Waals surface area contributed by atoms with Crippen molar-refractivity contribution in [1.29, 1.82) is 0 Å². The number of rotatable bonds is 7. The molecule has 1 aromatic carbocycles. The molecular formula is C19H22N4O3. The van der Waals surface area contributed by atoms with Crippen LogP contribution in [0.25, 0.3) is 11.0 Å². The molecule has 3 rings (SSSR count). The first kappa shape index (κ1) is 17.7. The number of fused-ring (bicyclic) bond motifs is 1. The van der Waals surface area contributed by atoms with Crippen LogP contribution in [0.3, 0.4) is 0 Å². The number of benzene rings is 1. The van der Waals surface area contributed by atoms with Crippen LogP contribution in [-0.4, -0.2) is 34.8 Å². The number of para-hydroxylation sites is 2. The van der Waals surface area contributed by atoms with Crippen molar-refractivity contribution in [2.24, 2.45) is 0 Å². The average molecular weight is 354 g/mol. The largest absolute Gasteiger partial charge is 0.493 e. The molecule has 7 heteroatoms. The zero-order chi connectivity index (χ0) is 18.5. The standard InChI is InChI=1S/C19H22N4O3/c1-13(2)23-15-12-20-9-8-14(15)22-18(19(23)24)21-10-11-26-17-7-5-4-6-16(17)25-3/h4-9,12-13H,10-11H2,1-3H3,(H,21,22). The van der Waals surface area contributed by atoms with E-state index < -0.39 is 0 Å².